The van der Waals surface area contributed by atoms with E-state index in [0.717, 1.165) is 5.56 Å². The number of halogens is 1. The molecule has 22 heavy (non-hydrogen) atoms. The quantitative estimate of drug-likeness (QED) is 0.834. The third kappa shape index (κ3) is 5.11. The van der Waals surface area contributed by atoms with Crippen LogP contribution in [-0.2, 0) is 21.0 Å². The molecule has 0 aliphatic carbocycles. The van der Waals surface area contributed by atoms with Crippen LogP contribution in [0.15, 0.2) is 30.3 Å². The number of likely N-dealkylation sites (N-methyl/N-ethyl adjacent to an activating group) is 1. The Bertz CT molecular complexity index is 493. The molecule has 0 bridgehead atoms. The average molecular weight is 310 g/mol. The lowest BCUT2D eigenvalue weighted by molar-refractivity contribution is -0.190. The number of carbonyl (C=O) groups excluding carboxylic acids is 2. The number of rotatable bonds is 7. The van der Waals surface area contributed by atoms with Crippen LogP contribution in [0.1, 0.15) is 25.8 Å². The molecule has 2 N–H and O–H groups in total. The number of amides is 1. The zero-order valence-corrected chi connectivity index (χ0v) is 13.2. The van der Waals surface area contributed by atoms with Crippen LogP contribution in [0.5, 0.6) is 0 Å². The first-order valence-corrected chi connectivity index (χ1v) is 7.25. The van der Waals surface area contributed by atoms with Crippen LogP contribution >= 0.6 is 0 Å². The zero-order valence-electron chi connectivity index (χ0n) is 13.2. The Kier molecular flexibility index (Phi) is 6.98. The van der Waals surface area contributed by atoms with E-state index in [4.69, 9.17) is 5.73 Å². The summed E-state index contributed by atoms with van der Waals surface area (Å²) in [6.07, 6.45) is 0.659. The minimum absolute atomic E-state index is 0.167. The van der Waals surface area contributed by atoms with Crippen molar-refractivity contribution in [3.63, 3.8) is 0 Å². The third-order valence-electron chi connectivity index (χ3n) is 3.48. The van der Waals surface area contributed by atoms with E-state index in [2.05, 4.69) is 4.94 Å². The predicted molar refractivity (Wildman–Crippen MR) is 81.3 cm³/mol. The molecule has 2 atom stereocenters. The van der Waals surface area contributed by atoms with Gasteiger partial charge in [-0.25, -0.2) is 4.79 Å². The molecule has 0 spiro atoms. The molecule has 0 aliphatic heterocycles. The smallest absolute Gasteiger partial charge is 0.330 e. The van der Waals surface area contributed by atoms with Crippen LogP contribution in [-0.4, -0.2) is 35.9 Å². The van der Waals surface area contributed by atoms with E-state index >= 15 is 0 Å². The first kappa shape index (κ1) is 18.1. The van der Waals surface area contributed by atoms with Crippen molar-refractivity contribution in [2.45, 2.75) is 38.8 Å². The Morgan fingerprint density at radius 1 is 1.27 bits per heavy atom. The van der Waals surface area contributed by atoms with Gasteiger partial charge in [-0.1, -0.05) is 44.2 Å². The van der Waals surface area contributed by atoms with Crippen LogP contribution in [0.4, 0.5) is 4.53 Å². The largest absolute Gasteiger partial charge is 0.371 e. The van der Waals surface area contributed by atoms with Crippen LogP contribution in [0.3, 0.4) is 0 Å². The highest BCUT2D eigenvalue weighted by Crippen LogP contribution is 2.13. The van der Waals surface area contributed by atoms with E-state index in [1.54, 1.807) is 24.3 Å². The van der Waals surface area contributed by atoms with Crippen LogP contribution in [0.2, 0.25) is 0 Å². The highest BCUT2D eigenvalue weighted by atomic mass is 19.3. The lowest BCUT2D eigenvalue weighted by Crippen LogP contribution is -2.50. The number of nitrogens with zero attached hydrogens (tertiary/aromatic N) is 1. The molecule has 0 heterocycles. The summed E-state index contributed by atoms with van der Waals surface area (Å²) >= 11 is 0. The van der Waals surface area contributed by atoms with Gasteiger partial charge in [0.1, 0.15) is 6.04 Å². The first-order chi connectivity index (χ1) is 10.4. The number of hydrogen-bond donors (Lipinski definition) is 1. The zero-order chi connectivity index (χ0) is 16.7. The SMILES string of the molecule is CC(C)C[C@H](N)C(=O)N(C)[C@@H](Cc1ccccc1)C(=O)OF. The molecule has 0 aromatic heterocycles. The fourth-order valence-electron chi connectivity index (χ4n) is 2.29. The maximum atomic E-state index is 12.4. The average Bonchev–Trinajstić information content (AvgIpc) is 2.50. The van der Waals surface area contributed by atoms with Gasteiger partial charge in [0.2, 0.25) is 5.91 Å². The van der Waals surface area contributed by atoms with Gasteiger partial charge in [0.15, 0.2) is 0 Å². The standard InChI is InChI=1S/C16H23FN2O3/c1-11(2)9-13(18)15(20)19(3)14(16(21)22-17)10-12-7-5-4-6-8-12/h4-8,11,13-14H,9-10,18H2,1-3H3/t13-,14-/m0/s1. The monoisotopic (exact) mass is 310 g/mol. The second-order valence-corrected chi connectivity index (χ2v) is 5.79. The molecule has 122 valence electrons. The molecule has 0 unspecified atom stereocenters. The minimum atomic E-state index is -1.10. The molecule has 0 radical (unpaired) electrons. The topological polar surface area (TPSA) is 72.6 Å². The normalized spacial score (nSPS) is 13.5. The van der Waals surface area contributed by atoms with E-state index in [1.807, 2.05) is 19.9 Å². The lowest BCUT2D eigenvalue weighted by atomic mass is 10.0. The summed E-state index contributed by atoms with van der Waals surface area (Å²) in [6, 6.07) is 7.27. The molecule has 6 heteroatoms. The van der Waals surface area contributed by atoms with Gasteiger partial charge >= 0.3 is 5.97 Å². The van der Waals surface area contributed by atoms with Gasteiger partial charge < -0.3 is 10.6 Å². The summed E-state index contributed by atoms with van der Waals surface area (Å²) in [7, 11) is 1.44. The van der Waals surface area contributed by atoms with E-state index in [0.29, 0.717) is 6.42 Å². The van der Waals surface area contributed by atoms with Crippen molar-refractivity contribution in [1.29, 1.82) is 0 Å². The highest BCUT2D eigenvalue weighted by Gasteiger charge is 2.32. The molecule has 5 nitrogen and oxygen atoms in total. The van der Waals surface area contributed by atoms with Gasteiger partial charge in [0.05, 0.1) is 6.04 Å². The van der Waals surface area contributed by atoms with Crippen LogP contribution in [0.25, 0.3) is 0 Å². The third-order valence-corrected chi connectivity index (χ3v) is 3.48. The first-order valence-electron chi connectivity index (χ1n) is 7.25. The van der Waals surface area contributed by atoms with Crippen molar-refractivity contribution in [3.8, 4) is 0 Å². The molecule has 1 rings (SSSR count). The van der Waals surface area contributed by atoms with E-state index in [1.165, 1.54) is 11.9 Å². The van der Waals surface area contributed by atoms with Crippen molar-refractivity contribution < 1.29 is 19.1 Å². The number of nitrogens with two attached hydrogens (primary N) is 1. The van der Waals surface area contributed by atoms with E-state index in [-0.39, 0.29) is 12.3 Å². The van der Waals surface area contributed by atoms with Gasteiger partial charge in [-0.3, -0.25) is 9.74 Å². The molecule has 1 aromatic carbocycles. The second-order valence-electron chi connectivity index (χ2n) is 5.79. The van der Waals surface area contributed by atoms with Gasteiger partial charge in [0, 0.05) is 18.0 Å². The minimum Gasteiger partial charge on any atom is -0.330 e. The Labute approximate surface area is 130 Å². The van der Waals surface area contributed by atoms with Gasteiger partial charge in [0.25, 0.3) is 0 Å². The summed E-state index contributed by atoms with van der Waals surface area (Å²) in [5, 5.41) is 0. The molecule has 0 saturated heterocycles. The summed E-state index contributed by atoms with van der Waals surface area (Å²) in [6.45, 7) is 3.90. The van der Waals surface area contributed by atoms with Crippen LogP contribution < -0.4 is 5.73 Å². The van der Waals surface area contributed by atoms with Crippen LogP contribution in [0, 0.1) is 5.92 Å². The van der Waals surface area contributed by atoms with Gasteiger partial charge in [-0.2, -0.15) is 0 Å². The lowest BCUT2D eigenvalue weighted by Gasteiger charge is -2.28. The van der Waals surface area contributed by atoms with Gasteiger partial charge in [-0.15, -0.1) is 0 Å². The maximum Gasteiger partial charge on any atom is 0.371 e. The second kappa shape index (κ2) is 8.48. The molecular weight excluding hydrogens is 287 g/mol. The fraction of sp³-hybridized carbons (Fsp3) is 0.500. The number of carbonyl (C=O) groups is 2. The number of benzene rings is 1. The van der Waals surface area contributed by atoms with Crippen molar-refractivity contribution in [2.24, 2.45) is 11.7 Å². The molecule has 0 saturated carbocycles. The van der Waals surface area contributed by atoms with Crippen molar-refractivity contribution in [1.82, 2.24) is 4.90 Å². The maximum absolute atomic E-state index is 12.4. The molecule has 0 aliphatic rings. The Morgan fingerprint density at radius 2 is 1.86 bits per heavy atom. The summed E-state index contributed by atoms with van der Waals surface area (Å²) in [5.74, 6) is -1.26. The molecule has 0 fully saturated rings. The number of hydrogen-bond acceptors (Lipinski definition) is 4. The van der Waals surface area contributed by atoms with E-state index < -0.39 is 24.0 Å². The molecule has 1 amide bonds. The predicted octanol–water partition coefficient (Wildman–Crippen LogP) is 1.86. The summed E-state index contributed by atoms with van der Waals surface area (Å²) < 4.78 is 12.4. The fourth-order valence-corrected chi connectivity index (χ4v) is 2.29. The Hall–Kier alpha value is -1.95. The van der Waals surface area contributed by atoms with Crippen molar-refractivity contribution in [2.75, 3.05) is 7.05 Å². The van der Waals surface area contributed by atoms with Crippen molar-refractivity contribution >= 4 is 11.9 Å². The van der Waals surface area contributed by atoms with Crippen molar-refractivity contribution in [3.05, 3.63) is 35.9 Å². The highest BCUT2D eigenvalue weighted by molar-refractivity contribution is 5.87. The summed E-state index contributed by atoms with van der Waals surface area (Å²) in [5.41, 5.74) is 6.66. The van der Waals surface area contributed by atoms with E-state index in [9.17, 15) is 14.1 Å². The Balaban J connectivity index is 2.87. The summed E-state index contributed by atoms with van der Waals surface area (Å²) in [4.78, 5) is 28.5. The molecule has 1 aromatic rings. The Morgan fingerprint density at radius 3 is 2.36 bits per heavy atom. The van der Waals surface area contributed by atoms with Gasteiger partial charge in [-0.05, 0) is 17.9 Å². The molecular formula is C16H23FN2O3.